The number of benzene rings is 1. The molecular weight excluding hydrogens is 473 g/mol. The predicted octanol–water partition coefficient (Wildman–Crippen LogP) is 5.32. The lowest BCUT2D eigenvalue weighted by Crippen LogP contribution is -2.41. The van der Waals surface area contributed by atoms with E-state index in [1.165, 1.54) is 24.1 Å². The van der Waals surface area contributed by atoms with Gasteiger partial charge in [0.05, 0.1) is 19.7 Å². The first-order chi connectivity index (χ1) is 16.3. The quantitative estimate of drug-likeness (QED) is 0.497. The number of anilines is 1. The molecule has 0 spiro atoms. The van der Waals surface area contributed by atoms with Gasteiger partial charge in [0, 0.05) is 10.6 Å². The third kappa shape index (κ3) is 3.83. The lowest BCUT2D eigenvalue weighted by molar-refractivity contribution is 0.148. The van der Waals surface area contributed by atoms with Crippen LogP contribution >= 0.6 is 11.6 Å². The third-order valence-corrected chi connectivity index (χ3v) is 6.49. The highest BCUT2D eigenvalue weighted by atomic mass is 35.5. The smallest absolute Gasteiger partial charge is 0.318 e. The first-order valence-electron chi connectivity index (χ1n) is 11.0. The molecule has 1 atom stereocenters. The van der Waals surface area contributed by atoms with E-state index in [0.717, 1.165) is 12.8 Å². The van der Waals surface area contributed by atoms with Crippen molar-refractivity contribution in [2.45, 2.75) is 44.6 Å². The van der Waals surface area contributed by atoms with Gasteiger partial charge < -0.3 is 19.5 Å². The topological polar surface area (TPSA) is 80.6 Å². The fraction of sp³-hybridized carbons (Fsp3) is 0.435. The number of pyridine rings is 1. The molecule has 180 valence electrons. The fourth-order valence-corrected chi connectivity index (χ4v) is 4.80. The molecule has 1 aliphatic carbocycles. The van der Waals surface area contributed by atoms with Crippen LogP contribution in [0.3, 0.4) is 0 Å². The van der Waals surface area contributed by atoms with Gasteiger partial charge in [0.1, 0.15) is 34.8 Å². The molecule has 11 heteroatoms. The summed E-state index contributed by atoms with van der Waals surface area (Å²) >= 11 is 6.41. The molecule has 1 aliphatic heterocycles. The second kappa shape index (κ2) is 8.65. The Bertz CT molecular complexity index is 1270. The van der Waals surface area contributed by atoms with E-state index in [1.54, 1.807) is 0 Å². The minimum Gasteiger partial charge on any atom is -0.508 e. The van der Waals surface area contributed by atoms with Crippen LogP contribution in [-0.4, -0.2) is 52.8 Å². The summed E-state index contributed by atoms with van der Waals surface area (Å²) in [6.45, 7) is 1.27. The molecule has 1 fully saturated rings. The number of phenols is 1. The molecule has 1 aromatic carbocycles. The number of halogens is 4. The molecule has 34 heavy (non-hydrogen) atoms. The van der Waals surface area contributed by atoms with E-state index in [0.29, 0.717) is 22.6 Å². The summed E-state index contributed by atoms with van der Waals surface area (Å²) in [6, 6.07) is 2.21. The number of methoxy groups -OCH3 is 1. The van der Waals surface area contributed by atoms with Crippen LogP contribution in [0.5, 0.6) is 17.6 Å². The minimum atomic E-state index is -2.65. The maximum atomic E-state index is 16.1. The Morgan fingerprint density at radius 3 is 2.68 bits per heavy atom. The van der Waals surface area contributed by atoms with E-state index in [-0.39, 0.29) is 52.6 Å². The van der Waals surface area contributed by atoms with Crippen molar-refractivity contribution in [1.82, 2.24) is 15.0 Å². The van der Waals surface area contributed by atoms with Crippen LogP contribution in [0, 0.1) is 5.82 Å². The highest BCUT2D eigenvalue weighted by Gasteiger charge is 2.35. The van der Waals surface area contributed by atoms with Gasteiger partial charge in [-0.2, -0.15) is 9.97 Å². The van der Waals surface area contributed by atoms with Crippen molar-refractivity contribution in [1.29, 1.82) is 0 Å². The number of nitrogens with zero attached hydrogens (tertiary/aromatic N) is 4. The molecule has 0 unspecified atom stereocenters. The molecule has 0 bridgehead atoms. The molecular formula is C23H22ClF3N4O3. The van der Waals surface area contributed by atoms with Gasteiger partial charge in [0.15, 0.2) is 5.82 Å². The predicted molar refractivity (Wildman–Crippen MR) is 121 cm³/mol. The van der Waals surface area contributed by atoms with Crippen LogP contribution in [0.1, 0.15) is 37.7 Å². The van der Waals surface area contributed by atoms with Crippen LogP contribution in [0.25, 0.3) is 22.2 Å². The van der Waals surface area contributed by atoms with Gasteiger partial charge in [-0.25, -0.2) is 18.2 Å². The number of aromatic hydroxyl groups is 1. The van der Waals surface area contributed by atoms with Crippen molar-refractivity contribution < 1.29 is 27.8 Å². The first-order valence-corrected chi connectivity index (χ1v) is 11.4. The zero-order valence-corrected chi connectivity index (χ0v) is 19.2. The number of ether oxygens (including phenoxy) is 2. The van der Waals surface area contributed by atoms with Gasteiger partial charge in [-0.3, -0.25) is 0 Å². The van der Waals surface area contributed by atoms with E-state index in [2.05, 4.69) is 15.0 Å². The molecule has 7 nitrogen and oxygen atoms in total. The lowest BCUT2D eigenvalue weighted by atomic mass is 9.98. The van der Waals surface area contributed by atoms with Crippen molar-refractivity contribution >= 4 is 28.3 Å². The van der Waals surface area contributed by atoms with Crippen molar-refractivity contribution in [3.05, 3.63) is 28.5 Å². The highest BCUT2D eigenvalue weighted by Crippen LogP contribution is 2.50. The summed E-state index contributed by atoms with van der Waals surface area (Å²) in [7, 11) is 1.32. The lowest BCUT2D eigenvalue weighted by Gasteiger charge is -2.30. The molecule has 2 aromatic heterocycles. The average Bonchev–Trinajstić information content (AvgIpc) is 3.64. The summed E-state index contributed by atoms with van der Waals surface area (Å²) in [5, 5.41) is 10.6. The number of rotatable bonds is 6. The van der Waals surface area contributed by atoms with E-state index in [1.807, 2.05) is 6.92 Å². The summed E-state index contributed by atoms with van der Waals surface area (Å²) in [5.74, 6) is -0.703. The molecule has 0 amide bonds. The van der Waals surface area contributed by atoms with Crippen LogP contribution in [0.15, 0.2) is 12.1 Å². The Balaban J connectivity index is 1.81. The molecule has 3 heterocycles. The van der Waals surface area contributed by atoms with Crippen molar-refractivity contribution in [2.75, 3.05) is 25.2 Å². The molecule has 2 aliphatic rings. The number of hydrogen-bond acceptors (Lipinski definition) is 7. The fourth-order valence-electron chi connectivity index (χ4n) is 4.43. The van der Waals surface area contributed by atoms with E-state index in [4.69, 9.17) is 21.1 Å². The Morgan fingerprint density at radius 1 is 1.26 bits per heavy atom. The van der Waals surface area contributed by atoms with Crippen LogP contribution < -0.4 is 14.4 Å². The van der Waals surface area contributed by atoms with E-state index < -0.39 is 24.8 Å². The minimum absolute atomic E-state index is 0.0282. The zero-order chi connectivity index (χ0) is 24.1. The summed E-state index contributed by atoms with van der Waals surface area (Å²) in [5.41, 5.74) is 0.771. The van der Waals surface area contributed by atoms with Crippen molar-refractivity contribution in [3.8, 4) is 28.9 Å². The Labute approximate surface area is 198 Å². The van der Waals surface area contributed by atoms with Gasteiger partial charge in [-0.05, 0) is 42.9 Å². The number of alkyl halides is 2. The van der Waals surface area contributed by atoms with E-state index in [9.17, 15) is 13.9 Å². The zero-order valence-electron chi connectivity index (χ0n) is 18.5. The van der Waals surface area contributed by atoms with Crippen LogP contribution in [-0.2, 0) is 0 Å². The van der Waals surface area contributed by atoms with Crippen LogP contribution in [0.4, 0.5) is 19.0 Å². The maximum absolute atomic E-state index is 16.1. The molecule has 1 saturated carbocycles. The third-order valence-electron chi connectivity index (χ3n) is 6.18. The maximum Gasteiger partial charge on any atom is 0.318 e. The van der Waals surface area contributed by atoms with Gasteiger partial charge in [0.2, 0.25) is 5.88 Å². The summed E-state index contributed by atoms with van der Waals surface area (Å²) < 4.78 is 54.1. The number of phenolic OH excluding ortho intramolecular Hbond substituents is 1. The number of aromatic nitrogens is 3. The average molecular weight is 495 g/mol. The van der Waals surface area contributed by atoms with Crippen molar-refractivity contribution in [2.24, 2.45) is 0 Å². The highest BCUT2D eigenvalue weighted by molar-refractivity contribution is 6.32. The largest absolute Gasteiger partial charge is 0.508 e. The van der Waals surface area contributed by atoms with E-state index >= 15 is 4.39 Å². The van der Waals surface area contributed by atoms with Crippen LogP contribution in [0.2, 0.25) is 5.02 Å². The summed E-state index contributed by atoms with van der Waals surface area (Å²) in [4.78, 5) is 14.3. The van der Waals surface area contributed by atoms with Crippen molar-refractivity contribution in [3.63, 3.8) is 0 Å². The molecule has 0 saturated heterocycles. The molecule has 1 N–H and O–H groups in total. The standard InChI is InChI=1S/C23H22ClF3N4O3/c1-3-11-9-34-22-17-20(29-23(33-2)30-21(17)31(11)8-15(25)26)18(27)19(28-22)13-6-12(32)7-14(24)16(13)10-4-5-10/h6-7,10-11,15,32H,3-5,8-9H2,1-2H3/t11-/m0/s1. The van der Waals surface area contributed by atoms with Gasteiger partial charge in [-0.1, -0.05) is 18.5 Å². The SMILES string of the molecule is CC[C@H]1COc2nc(-c3cc(O)cc(Cl)c3C3CC3)c(F)c3nc(OC)nc(c23)N1CC(F)F. The summed E-state index contributed by atoms with van der Waals surface area (Å²) in [6.07, 6.45) is -0.398. The second-order valence-corrected chi connectivity index (χ2v) is 8.82. The molecule has 5 rings (SSSR count). The first kappa shape index (κ1) is 22.8. The Kier molecular flexibility index (Phi) is 5.79. The normalized spacial score (nSPS) is 17.7. The monoisotopic (exact) mass is 494 g/mol. The van der Waals surface area contributed by atoms with Gasteiger partial charge >= 0.3 is 6.01 Å². The van der Waals surface area contributed by atoms with Gasteiger partial charge in [-0.15, -0.1) is 0 Å². The molecule has 0 radical (unpaired) electrons. The number of hydrogen-bond donors (Lipinski definition) is 1. The molecule has 3 aromatic rings. The Morgan fingerprint density at radius 2 is 2.03 bits per heavy atom. The van der Waals surface area contributed by atoms with Gasteiger partial charge in [0.25, 0.3) is 6.43 Å². The Hall–Kier alpha value is -3.01. The second-order valence-electron chi connectivity index (χ2n) is 8.42.